The molecule has 29 heavy (non-hydrogen) atoms. The fourth-order valence-corrected chi connectivity index (χ4v) is 4.78. The van der Waals surface area contributed by atoms with Gasteiger partial charge in [0.2, 0.25) is 10.0 Å². The van der Waals surface area contributed by atoms with Crippen LogP contribution in [0.4, 0.5) is 5.13 Å². The van der Waals surface area contributed by atoms with Crippen molar-refractivity contribution in [1.29, 1.82) is 0 Å². The van der Waals surface area contributed by atoms with Crippen LogP contribution in [0.25, 0.3) is 10.2 Å². The Bertz CT molecular complexity index is 1120. The second-order valence-corrected chi connectivity index (χ2v) is 9.79. The number of amides is 1. The zero-order valence-electron chi connectivity index (χ0n) is 16.7. The number of hydrogen-bond acceptors (Lipinski definition) is 6. The second kappa shape index (κ2) is 8.48. The highest BCUT2D eigenvalue weighted by Crippen LogP contribution is 2.29. The van der Waals surface area contributed by atoms with E-state index in [2.05, 4.69) is 10.3 Å². The summed E-state index contributed by atoms with van der Waals surface area (Å²) in [6, 6.07) is 11.6. The number of nitrogens with zero attached hydrogens (tertiary/aromatic N) is 2. The molecule has 0 aliphatic rings. The Balaban J connectivity index is 1.79. The summed E-state index contributed by atoms with van der Waals surface area (Å²) in [5, 5.41) is 3.18. The molecule has 3 aromatic rings. The fourth-order valence-electron chi connectivity index (χ4n) is 2.60. The van der Waals surface area contributed by atoms with Crippen molar-refractivity contribution < 1.29 is 17.9 Å². The summed E-state index contributed by atoms with van der Waals surface area (Å²) in [6.45, 7) is 6.03. The number of benzene rings is 2. The monoisotopic (exact) mass is 433 g/mol. The molecule has 0 bridgehead atoms. The summed E-state index contributed by atoms with van der Waals surface area (Å²) in [5.74, 6) is 0.404. The summed E-state index contributed by atoms with van der Waals surface area (Å²) in [7, 11) is -2.00. The van der Waals surface area contributed by atoms with Crippen LogP contribution in [0.5, 0.6) is 5.75 Å². The number of aromatic nitrogens is 1. The van der Waals surface area contributed by atoms with Crippen molar-refractivity contribution in [1.82, 2.24) is 9.29 Å². The van der Waals surface area contributed by atoms with E-state index >= 15 is 0 Å². The van der Waals surface area contributed by atoms with Crippen molar-refractivity contribution in [2.45, 2.75) is 31.8 Å². The molecule has 7 nitrogen and oxygen atoms in total. The number of carbonyl (C=O) groups excluding carboxylic acids is 1. The fraction of sp³-hybridized carbons (Fsp3) is 0.300. The first-order valence-electron chi connectivity index (χ1n) is 9.15. The minimum Gasteiger partial charge on any atom is -0.491 e. The highest BCUT2D eigenvalue weighted by atomic mass is 32.2. The molecule has 0 saturated heterocycles. The lowest BCUT2D eigenvalue weighted by Crippen LogP contribution is -2.26. The van der Waals surface area contributed by atoms with Crippen molar-refractivity contribution in [3.05, 3.63) is 48.0 Å². The van der Waals surface area contributed by atoms with Crippen molar-refractivity contribution in [2.24, 2.45) is 0 Å². The molecule has 0 unspecified atom stereocenters. The average molecular weight is 434 g/mol. The Labute approximate surface area is 174 Å². The number of carbonyl (C=O) groups is 1. The van der Waals surface area contributed by atoms with E-state index in [0.29, 0.717) is 33.2 Å². The molecule has 0 atom stereocenters. The van der Waals surface area contributed by atoms with Crippen LogP contribution in [-0.2, 0) is 10.0 Å². The van der Waals surface area contributed by atoms with Crippen molar-refractivity contribution in [3.63, 3.8) is 0 Å². The quantitative estimate of drug-likeness (QED) is 0.609. The summed E-state index contributed by atoms with van der Waals surface area (Å²) in [5.41, 5.74) is 1.11. The lowest BCUT2D eigenvalue weighted by atomic mass is 10.2. The Morgan fingerprint density at radius 1 is 1.21 bits per heavy atom. The van der Waals surface area contributed by atoms with Crippen LogP contribution >= 0.6 is 11.3 Å². The Morgan fingerprint density at radius 2 is 1.90 bits per heavy atom. The third-order valence-electron chi connectivity index (χ3n) is 4.22. The number of anilines is 1. The van der Waals surface area contributed by atoms with Gasteiger partial charge in [0.15, 0.2) is 5.13 Å². The van der Waals surface area contributed by atoms with Gasteiger partial charge in [-0.1, -0.05) is 18.3 Å². The first-order chi connectivity index (χ1) is 13.7. The number of rotatable bonds is 7. The van der Waals surface area contributed by atoms with E-state index in [1.165, 1.54) is 28.8 Å². The summed E-state index contributed by atoms with van der Waals surface area (Å²) in [6.07, 6.45) is 0.0586. The molecule has 1 aromatic heterocycles. The molecule has 1 N–H and O–H groups in total. The van der Waals surface area contributed by atoms with Gasteiger partial charge in [-0.25, -0.2) is 17.7 Å². The maximum absolute atomic E-state index is 12.5. The molecule has 0 radical (unpaired) electrons. The largest absolute Gasteiger partial charge is 0.491 e. The zero-order valence-corrected chi connectivity index (χ0v) is 18.3. The number of sulfonamides is 1. The smallest absolute Gasteiger partial charge is 0.257 e. The van der Waals surface area contributed by atoms with Crippen LogP contribution in [0.15, 0.2) is 47.4 Å². The van der Waals surface area contributed by atoms with Crippen molar-refractivity contribution in [3.8, 4) is 5.75 Å². The highest BCUT2D eigenvalue weighted by molar-refractivity contribution is 7.89. The van der Waals surface area contributed by atoms with Crippen molar-refractivity contribution in [2.75, 3.05) is 18.9 Å². The van der Waals surface area contributed by atoms with E-state index in [1.54, 1.807) is 43.3 Å². The van der Waals surface area contributed by atoms with Gasteiger partial charge in [-0.2, -0.15) is 0 Å². The molecular formula is C20H23N3O4S2. The van der Waals surface area contributed by atoms with Gasteiger partial charge in [0.05, 0.1) is 21.2 Å². The van der Waals surface area contributed by atoms with E-state index in [9.17, 15) is 13.2 Å². The molecule has 0 aliphatic carbocycles. The SMILES string of the molecule is CCN(C)S(=O)(=O)c1ccc2nc(NC(=O)c3ccc(OC(C)C)cc3)sc2c1. The molecule has 3 rings (SSSR count). The Morgan fingerprint density at radius 3 is 2.52 bits per heavy atom. The Hall–Kier alpha value is -2.49. The molecule has 0 saturated carbocycles. The average Bonchev–Trinajstić information content (AvgIpc) is 3.08. The second-order valence-electron chi connectivity index (χ2n) is 6.71. The maximum Gasteiger partial charge on any atom is 0.257 e. The van der Waals surface area contributed by atoms with E-state index in [-0.39, 0.29) is 16.9 Å². The molecule has 9 heteroatoms. The zero-order chi connectivity index (χ0) is 21.2. The lowest BCUT2D eigenvalue weighted by Gasteiger charge is -2.14. The van der Waals surface area contributed by atoms with Gasteiger partial charge in [0.25, 0.3) is 5.91 Å². The van der Waals surface area contributed by atoms with Crippen LogP contribution in [0, 0.1) is 0 Å². The van der Waals surface area contributed by atoms with Crippen LogP contribution in [-0.4, -0.2) is 43.3 Å². The molecule has 0 spiro atoms. The van der Waals surface area contributed by atoms with Crippen LogP contribution < -0.4 is 10.1 Å². The van der Waals surface area contributed by atoms with Crippen molar-refractivity contribution >= 4 is 42.6 Å². The first-order valence-corrected chi connectivity index (χ1v) is 11.4. The predicted molar refractivity (Wildman–Crippen MR) is 115 cm³/mol. The normalized spacial score (nSPS) is 11.9. The minimum atomic E-state index is -3.54. The summed E-state index contributed by atoms with van der Waals surface area (Å²) >= 11 is 1.23. The molecule has 2 aromatic carbocycles. The molecule has 154 valence electrons. The van der Waals surface area contributed by atoms with Gasteiger partial charge < -0.3 is 4.74 Å². The van der Waals surface area contributed by atoms with Crippen LogP contribution in [0.3, 0.4) is 0 Å². The number of thiazole rings is 1. The van der Waals surface area contributed by atoms with Gasteiger partial charge in [0.1, 0.15) is 5.75 Å². The van der Waals surface area contributed by atoms with Gasteiger partial charge >= 0.3 is 0 Å². The third kappa shape index (κ3) is 4.75. The van der Waals surface area contributed by atoms with Gasteiger partial charge in [0, 0.05) is 19.2 Å². The minimum absolute atomic E-state index is 0.0586. The number of nitrogens with one attached hydrogen (secondary N) is 1. The van der Waals surface area contributed by atoms with Gasteiger partial charge in [-0.15, -0.1) is 0 Å². The van der Waals surface area contributed by atoms with E-state index in [4.69, 9.17) is 4.74 Å². The van der Waals surface area contributed by atoms with Crippen LogP contribution in [0.2, 0.25) is 0 Å². The predicted octanol–water partition coefficient (Wildman–Crippen LogP) is 3.98. The Kier molecular flexibility index (Phi) is 6.21. The molecule has 0 aliphatic heterocycles. The summed E-state index contributed by atoms with van der Waals surface area (Å²) < 4.78 is 32.5. The van der Waals surface area contributed by atoms with Gasteiger partial charge in [-0.05, 0) is 56.3 Å². The molecule has 1 heterocycles. The van der Waals surface area contributed by atoms with E-state index < -0.39 is 10.0 Å². The molecule has 1 amide bonds. The standard InChI is InChI=1S/C20H23N3O4S2/c1-5-23(4)29(25,26)16-10-11-17-18(12-16)28-20(21-17)22-19(24)14-6-8-15(9-7-14)27-13(2)3/h6-13H,5H2,1-4H3,(H,21,22,24). The highest BCUT2D eigenvalue weighted by Gasteiger charge is 2.20. The summed E-state index contributed by atoms with van der Waals surface area (Å²) in [4.78, 5) is 17.1. The number of hydrogen-bond donors (Lipinski definition) is 1. The van der Waals surface area contributed by atoms with Crippen LogP contribution in [0.1, 0.15) is 31.1 Å². The molecule has 0 fully saturated rings. The molecular weight excluding hydrogens is 410 g/mol. The lowest BCUT2D eigenvalue weighted by molar-refractivity contribution is 0.102. The number of ether oxygens (including phenoxy) is 1. The maximum atomic E-state index is 12.5. The third-order valence-corrected chi connectivity index (χ3v) is 7.08. The topological polar surface area (TPSA) is 88.6 Å². The van der Waals surface area contributed by atoms with Gasteiger partial charge in [-0.3, -0.25) is 10.1 Å². The van der Waals surface area contributed by atoms with E-state index in [1.807, 2.05) is 13.8 Å². The van der Waals surface area contributed by atoms with E-state index in [0.717, 1.165) is 0 Å². The first kappa shape index (κ1) is 21.2. The number of fused-ring (bicyclic) bond motifs is 1.